The van der Waals surface area contributed by atoms with Crippen LogP contribution in [0.15, 0.2) is 42.5 Å². The van der Waals surface area contributed by atoms with Crippen molar-refractivity contribution < 1.29 is 9.18 Å². The molecule has 29 heavy (non-hydrogen) atoms. The van der Waals surface area contributed by atoms with Gasteiger partial charge in [-0.25, -0.2) is 4.39 Å². The van der Waals surface area contributed by atoms with Crippen LogP contribution in [0.4, 0.5) is 10.2 Å². The van der Waals surface area contributed by atoms with Gasteiger partial charge in [0.15, 0.2) is 5.82 Å². The highest BCUT2D eigenvalue weighted by Gasteiger charge is 2.26. The van der Waals surface area contributed by atoms with Crippen LogP contribution in [0.3, 0.4) is 0 Å². The van der Waals surface area contributed by atoms with Crippen LogP contribution in [0.2, 0.25) is 0 Å². The van der Waals surface area contributed by atoms with Gasteiger partial charge in [0, 0.05) is 44.7 Å². The van der Waals surface area contributed by atoms with Crippen molar-refractivity contribution in [3.8, 4) is 0 Å². The first-order valence-corrected chi connectivity index (χ1v) is 10.1. The molecule has 2 aliphatic heterocycles. The van der Waals surface area contributed by atoms with E-state index < -0.39 is 0 Å². The van der Waals surface area contributed by atoms with Crippen LogP contribution >= 0.6 is 0 Å². The molecule has 5 rings (SSSR count). The lowest BCUT2D eigenvalue weighted by Crippen LogP contribution is -2.51. The second-order valence-electron chi connectivity index (χ2n) is 7.83. The minimum atomic E-state index is -0.275. The summed E-state index contributed by atoms with van der Waals surface area (Å²) in [6, 6.07) is 13.2. The van der Waals surface area contributed by atoms with E-state index in [1.54, 1.807) is 6.07 Å². The Morgan fingerprint density at radius 1 is 1.03 bits per heavy atom. The number of nitrogens with zero attached hydrogens (tertiary/aromatic N) is 4. The van der Waals surface area contributed by atoms with Gasteiger partial charge in [-0.1, -0.05) is 24.3 Å². The number of nitrogens with one attached hydrogen (secondary N) is 1. The van der Waals surface area contributed by atoms with E-state index in [1.807, 2.05) is 4.90 Å². The van der Waals surface area contributed by atoms with E-state index in [0.717, 1.165) is 43.8 Å². The highest BCUT2D eigenvalue weighted by Crippen LogP contribution is 2.25. The maximum Gasteiger partial charge on any atom is 0.236 e. The van der Waals surface area contributed by atoms with Crippen molar-refractivity contribution in [2.24, 2.45) is 0 Å². The standard InChI is InChI=1S/C22H24FN5O/c23-18-5-6-19-20(13-18)24-25-22(19)28-11-9-27(10-12-28)21(29)15-26-8-7-16-3-1-2-4-17(16)14-26/h1-6,13H,7-12,14-15H2,(H,24,25). The molecule has 1 amide bonds. The monoisotopic (exact) mass is 393 g/mol. The predicted molar refractivity (Wildman–Crippen MR) is 110 cm³/mol. The van der Waals surface area contributed by atoms with Crippen LogP contribution in [0.1, 0.15) is 11.1 Å². The summed E-state index contributed by atoms with van der Waals surface area (Å²) in [4.78, 5) is 19.2. The van der Waals surface area contributed by atoms with E-state index in [2.05, 4.69) is 44.3 Å². The summed E-state index contributed by atoms with van der Waals surface area (Å²) in [5.74, 6) is 0.751. The molecule has 2 aromatic carbocycles. The smallest absolute Gasteiger partial charge is 0.236 e. The summed E-state index contributed by atoms with van der Waals surface area (Å²) in [6.45, 7) is 5.06. The van der Waals surface area contributed by atoms with E-state index in [1.165, 1.54) is 23.3 Å². The molecule has 0 spiro atoms. The first-order chi connectivity index (χ1) is 14.2. The van der Waals surface area contributed by atoms with Crippen molar-refractivity contribution in [2.45, 2.75) is 13.0 Å². The number of carbonyl (C=O) groups is 1. The number of benzene rings is 2. The Balaban J connectivity index is 1.19. The molecule has 1 aromatic heterocycles. The molecule has 0 bridgehead atoms. The number of halogens is 1. The van der Waals surface area contributed by atoms with Crippen molar-refractivity contribution in [3.63, 3.8) is 0 Å². The number of hydrogen-bond acceptors (Lipinski definition) is 4. The van der Waals surface area contributed by atoms with Crippen molar-refractivity contribution in [1.82, 2.24) is 20.0 Å². The van der Waals surface area contributed by atoms with Crippen molar-refractivity contribution in [2.75, 3.05) is 44.2 Å². The van der Waals surface area contributed by atoms with Gasteiger partial charge in [-0.3, -0.25) is 14.8 Å². The number of aromatic nitrogens is 2. The van der Waals surface area contributed by atoms with Gasteiger partial charge in [-0.2, -0.15) is 5.10 Å². The van der Waals surface area contributed by atoms with Crippen molar-refractivity contribution in [1.29, 1.82) is 0 Å². The Morgan fingerprint density at radius 2 is 1.83 bits per heavy atom. The number of H-pyrrole nitrogens is 1. The number of anilines is 1. The number of rotatable bonds is 3. The van der Waals surface area contributed by atoms with Gasteiger partial charge >= 0.3 is 0 Å². The maximum absolute atomic E-state index is 13.4. The van der Waals surface area contributed by atoms with Crippen LogP contribution in [0.25, 0.3) is 10.9 Å². The number of amides is 1. The zero-order valence-electron chi connectivity index (χ0n) is 16.3. The summed E-state index contributed by atoms with van der Waals surface area (Å²) in [5, 5.41) is 8.19. The Morgan fingerprint density at radius 3 is 2.66 bits per heavy atom. The van der Waals surface area contributed by atoms with E-state index in [4.69, 9.17) is 0 Å². The average molecular weight is 393 g/mol. The molecule has 3 heterocycles. The summed E-state index contributed by atoms with van der Waals surface area (Å²) in [7, 11) is 0. The SMILES string of the molecule is O=C(CN1CCc2ccccc2C1)N1CCN(c2n[nH]c3cc(F)ccc23)CC1. The summed E-state index contributed by atoms with van der Waals surface area (Å²) in [6.07, 6.45) is 1.00. The Bertz CT molecular complexity index is 1040. The largest absolute Gasteiger partial charge is 0.351 e. The van der Waals surface area contributed by atoms with E-state index in [0.29, 0.717) is 25.2 Å². The fourth-order valence-electron chi connectivity index (χ4n) is 4.37. The molecule has 2 aliphatic rings. The normalized spacial score (nSPS) is 17.6. The molecule has 0 radical (unpaired) electrons. The molecule has 0 aliphatic carbocycles. The third kappa shape index (κ3) is 3.58. The number of carbonyl (C=O) groups excluding carboxylic acids is 1. The van der Waals surface area contributed by atoms with Crippen LogP contribution in [-0.2, 0) is 17.8 Å². The quantitative estimate of drug-likeness (QED) is 0.743. The van der Waals surface area contributed by atoms with Gasteiger partial charge in [0.05, 0.1) is 12.1 Å². The lowest BCUT2D eigenvalue weighted by Gasteiger charge is -2.36. The summed E-state index contributed by atoms with van der Waals surface area (Å²) >= 11 is 0. The molecule has 1 N–H and O–H groups in total. The number of hydrogen-bond donors (Lipinski definition) is 1. The van der Waals surface area contributed by atoms with Gasteiger partial charge in [0.2, 0.25) is 5.91 Å². The molecule has 0 saturated carbocycles. The fourth-order valence-corrected chi connectivity index (χ4v) is 4.37. The van der Waals surface area contributed by atoms with Gasteiger partial charge in [-0.05, 0) is 35.7 Å². The zero-order valence-corrected chi connectivity index (χ0v) is 16.3. The lowest BCUT2D eigenvalue weighted by molar-refractivity contribution is -0.132. The Hall–Kier alpha value is -2.93. The van der Waals surface area contributed by atoms with Gasteiger partial charge in [-0.15, -0.1) is 0 Å². The maximum atomic E-state index is 13.4. The summed E-state index contributed by atoms with van der Waals surface area (Å²) in [5.41, 5.74) is 3.43. The van der Waals surface area contributed by atoms with Crippen molar-refractivity contribution in [3.05, 3.63) is 59.4 Å². The van der Waals surface area contributed by atoms with Gasteiger partial charge in [0.1, 0.15) is 5.82 Å². The molecule has 150 valence electrons. The first-order valence-electron chi connectivity index (χ1n) is 10.1. The van der Waals surface area contributed by atoms with E-state index in [-0.39, 0.29) is 11.7 Å². The van der Waals surface area contributed by atoms with Gasteiger partial charge in [0.25, 0.3) is 0 Å². The number of piperazine rings is 1. The van der Waals surface area contributed by atoms with Crippen LogP contribution in [0.5, 0.6) is 0 Å². The predicted octanol–water partition coefficient (Wildman–Crippen LogP) is 2.41. The molecule has 0 unspecified atom stereocenters. The molecule has 0 atom stereocenters. The van der Waals surface area contributed by atoms with Crippen molar-refractivity contribution >= 4 is 22.6 Å². The molecular formula is C22H24FN5O. The lowest BCUT2D eigenvalue weighted by atomic mass is 10.00. The minimum absolute atomic E-state index is 0.193. The molecular weight excluding hydrogens is 369 g/mol. The Kier molecular flexibility index (Phi) is 4.67. The van der Waals surface area contributed by atoms with E-state index in [9.17, 15) is 9.18 Å². The molecule has 7 heteroatoms. The molecule has 6 nitrogen and oxygen atoms in total. The third-order valence-electron chi connectivity index (χ3n) is 6.01. The second kappa shape index (κ2) is 7.48. The second-order valence-corrected chi connectivity index (χ2v) is 7.83. The number of fused-ring (bicyclic) bond motifs is 2. The molecule has 3 aromatic rings. The van der Waals surface area contributed by atoms with Crippen LogP contribution in [0, 0.1) is 5.82 Å². The fraction of sp³-hybridized carbons (Fsp3) is 0.364. The highest BCUT2D eigenvalue weighted by molar-refractivity contribution is 5.90. The Labute approximate surface area is 168 Å². The third-order valence-corrected chi connectivity index (χ3v) is 6.01. The average Bonchev–Trinajstić information content (AvgIpc) is 3.16. The van der Waals surface area contributed by atoms with Crippen LogP contribution in [-0.4, -0.2) is 65.2 Å². The summed E-state index contributed by atoms with van der Waals surface area (Å²) < 4.78 is 13.4. The number of aromatic amines is 1. The highest BCUT2D eigenvalue weighted by atomic mass is 19.1. The van der Waals surface area contributed by atoms with E-state index >= 15 is 0 Å². The topological polar surface area (TPSA) is 55.5 Å². The molecule has 1 fully saturated rings. The van der Waals surface area contributed by atoms with Crippen LogP contribution < -0.4 is 4.90 Å². The zero-order chi connectivity index (χ0) is 19.8. The van der Waals surface area contributed by atoms with Gasteiger partial charge < -0.3 is 9.80 Å². The minimum Gasteiger partial charge on any atom is -0.351 e. The molecule has 1 saturated heterocycles. The first kappa shape index (κ1) is 18.1.